The Bertz CT molecular complexity index is 1650. The summed E-state index contributed by atoms with van der Waals surface area (Å²) in [6.07, 6.45) is 6.84. The van der Waals surface area contributed by atoms with Crippen molar-refractivity contribution in [3.63, 3.8) is 0 Å². The minimum Gasteiger partial charge on any atom is -0.492 e. The van der Waals surface area contributed by atoms with Gasteiger partial charge in [0.2, 0.25) is 0 Å². The molecule has 0 aliphatic carbocycles. The molecule has 0 radical (unpaired) electrons. The number of aryl methyl sites for hydroxylation is 4. The third kappa shape index (κ3) is 4.69. The van der Waals surface area contributed by atoms with Crippen LogP contribution in [0, 0.1) is 13.8 Å². The van der Waals surface area contributed by atoms with E-state index >= 15 is 0 Å². The quantitative estimate of drug-likeness (QED) is 0.219. The van der Waals surface area contributed by atoms with Gasteiger partial charge in [0.05, 0.1) is 29.6 Å². The summed E-state index contributed by atoms with van der Waals surface area (Å²) in [6, 6.07) is 4.14. The molecule has 0 atom stereocenters. The van der Waals surface area contributed by atoms with E-state index in [0.29, 0.717) is 18.3 Å². The molecule has 0 saturated heterocycles. The van der Waals surface area contributed by atoms with Gasteiger partial charge in [-0.15, -0.1) is 0 Å². The van der Waals surface area contributed by atoms with Crippen molar-refractivity contribution in [2.24, 2.45) is 4.99 Å². The fourth-order valence-electron chi connectivity index (χ4n) is 4.84. The molecular formula is C28H31ClN8O. The lowest BCUT2D eigenvalue weighted by Crippen LogP contribution is -2.02. The highest BCUT2D eigenvalue weighted by atomic mass is 35.5. The molecule has 0 fully saturated rings. The van der Waals surface area contributed by atoms with Crippen LogP contribution in [0.4, 0.5) is 11.5 Å². The topological polar surface area (TPSA) is 117 Å². The number of aliphatic imine (C=N–C) groups is 1. The maximum Gasteiger partial charge on any atom is 0.143 e. The standard InChI is InChI=1S/C19H21N5O.C9H10ClN3/c1-4-14-11(3)17-18(23-14)21-10-22-19(17)24-15-6-12-8-20-9-13(12)7-16(15)25-5-2;1-3-6-5(2)7-8(10)11-4-12-9(7)13-6/h6-8,10H,4-5,9H2,1-3H3,(H2,21,22,23,24);4H,3H2,1-2H3,(H,11,12,13). The summed E-state index contributed by atoms with van der Waals surface area (Å²) in [4.78, 5) is 27.9. The highest BCUT2D eigenvalue weighted by molar-refractivity contribution is 6.34. The molecule has 5 aromatic rings. The molecule has 1 aliphatic rings. The fourth-order valence-corrected chi connectivity index (χ4v) is 5.12. The number of anilines is 2. The Kier molecular flexibility index (Phi) is 7.28. The van der Waals surface area contributed by atoms with Crippen molar-refractivity contribution < 1.29 is 4.74 Å². The SMILES string of the molecule is CCOc1cc2c(cc1Nc1ncnc3[nH]c(CC)c(C)c13)C=NC2.CCc1[nH]c2ncnc(Cl)c2c1C. The number of benzene rings is 1. The van der Waals surface area contributed by atoms with Gasteiger partial charge in [0.1, 0.15) is 40.7 Å². The number of nitrogens with one attached hydrogen (secondary N) is 3. The maximum atomic E-state index is 5.96. The van der Waals surface area contributed by atoms with E-state index in [1.165, 1.54) is 28.8 Å². The molecule has 38 heavy (non-hydrogen) atoms. The Morgan fingerprint density at radius 1 is 0.895 bits per heavy atom. The average Bonchev–Trinajstić information content (AvgIpc) is 3.60. The van der Waals surface area contributed by atoms with Gasteiger partial charge in [-0.05, 0) is 68.0 Å². The third-order valence-electron chi connectivity index (χ3n) is 6.84. The van der Waals surface area contributed by atoms with Gasteiger partial charge in [-0.25, -0.2) is 19.9 Å². The molecule has 1 aromatic carbocycles. The number of ether oxygens (including phenoxy) is 1. The monoisotopic (exact) mass is 530 g/mol. The van der Waals surface area contributed by atoms with Gasteiger partial charge in [-0.1, -0.05) is 25.4 Å². The molecule has 4 aromatic heterocycles. The van der Waals surface area contributed by atoms with Crippen molar-refractivity contribution in [2.45, 2.75) is 54.0 Å². The predicted octanol–water partition coefficient (Wildman–Crippen LogP) is 6.39. The largest absolute Gasteiger partial charge is 0.492 e. The molecule has 10 heteroatoms. The van der Waals surface area contributed by atoms with Crippen molar-refractivity contribution >= 4 is 51.4 Å². The van der Waals surface area contributed by atoms with Crippen LogP contribution >= 0.6 is 11.6 Å². The number of aromatic nitrogens is 6. The summed E-state index contributed by atoms with van der Waals surface area (Å²) in [6.45, 7) is 11.7. The van der Waals surface area contributed by atoms with Crippen LogP contribution in [0.5, 0.6) is 5.75 Å². The van der Waals surface area contributed by atoms with Crippen LogP contribution in [-0.2, 0) is 19.4 Å². The van der Waals surface area contributed by atoms with Gasteiger partial charge in [-0.3, -0.25) is 4.99 Å². The van der Waals surface area contributed by atoms with Crippen molar-refractivity contribution in [1.29, 1.82) is 0 Å². The molecular weight excluding hydrogens is 500 g/mol. The van der Waals surface area contributed by atoms with E-state index in [1.807, 2.05) is 20.1 Å². The molecule has 0 saturated carbocycles. The molecule has 9 nitrogen and oxygen atoms in total. The Balaban J connectivity index is 0.000000190. The van der Waals surface area contributed by atoms with Crippen LogP contribution in [0.2, 0.25) is 5.15 Å². The molecule has 0 amide bonds. The molecule has 0 bridgehead atoms. The van der Waals surface area contributed by atoms with E-state index in [1.54, 1.807) is 6.33 Å². The Labute approximate surface area is 226 Å². The first-order chi connectivity index (χ1) is 18.4. The minimum atomic E-state index is 0.526. The number of fused-ring (bicyclic) bond motifs is 3. The minimum absolute atomic E-state index is 0.526. The summed E-state index contributed by atoms with van der Waals surface area (Å²) < 4.78 is 5.83. The number of rotatable bonds is 6. The fraction of sp³-hybridized carbons (Fsp3) is 0.321. The van der Waals surface area contributed by atoms with Crippen molar-refractivity contribution in [3.05, 3.63) is 63.6 Å². The molecule has 5 heterocycles. The second kappa shape index (κ2) is 10.8. The first-order valence-electron chi connectivity index (χ1n) is 12.8. The van der Waals surface area contributed by atoms with E-state index in [-0.39, 0.29) is 0 Å². The number of nitrogens with zero attached hydrogens (tertiary/aromatic N) is 5. The van der Waals surface area contributed by atoms with Crippen LogP contribution in [0.15, 0.2) is 29.8 Å². The van der Waals surface area contributed by atoms with Crippen LogP contribution in [0.3, 0.4) is 0 Å². The first kappa shape index (κ1) is 25.7. The summed E-state index contributed by atoms with van der Waals surface area (Å²) in [5.41, 5.74) is 9.59. The number of hydrogen-bond acceptors (Lipinski definition) is 7. The van der Waals surface area contributed by atoms with Crippen LogP contribution in [0.25, 0.3) is 22.1 Å². The summed E-state index contributed by atoms with van der Waals surface area (Å²) >= 11 is 5.96. The van der Waals surface area contributed by atoms with Gasteiger partial charge in [0, 0.05) is 17.6 Å². The zero-order chi connectivity index (χ0) is 26.8. The lowest BCUT2D eigenvalue weighted by molar-refractivity contribution is 0.341. The first-order valence-corrected chi connectivity index (χ1v) is 13.2. The summed E-state index contributed by atoms with van der Waals surface area (Å²) in [5, 5.41) is 5.95. The van der Waals surface area contributed by atoms with E-state index in [2.05, 4.69) is 73.1 Å². The van der Waals surface area contributed by atoms with Crippen molar-refractivity contribution in [2.75, 3.05) is 11.9 Å². The summed E-state index contributed by atoms with van der Waals surface area (Å²) in [5.74, 6) is 1.61. The third-order valence-corrected chi connectivity index (χ3v) is 7.12. The zero-order valence-electron chi connectivity index (χ0n) is 22.2. The zero-order valence-corrected chi connectivity index (χ0v) is 23.0. The Morgan fingerprint density at radius 2 is 1.55 bits per heavy atom. The van der Waals surface area contributed by atoms with Gasteiger partial charge in [0.25, 0.3) is 0 Å². The molecule has 1 aliphatic heterocycles. The van der Waals surface area contributed by atoms with Crippen molar-refractivity contribution in [1.82, 2.24) is 29.9 Å². The van der Waals surface area contributed by atoms with E-state index in [9.17, 15) is 0 Å². The van der Waals surface area contributed by atoms with E-state index in [0.717, 1.165) is 63.3 Å². The van der Waals surface area contributed by atoms with Gasteiger partial charge >= 0.3 is 0 Å². The number of halogens is 1. The number of hydrogen-bond donors (Lipinski definition) is 3. The normalized spacial score (nSPS) is 12.1. The molecule has 3 N–H and O–H groups in total. The highest BCUT2D eigenvalue weighted by Crippen LogP contribution is 2.35. The Morgan fingerprint density at radius 3 is 2.21 bits per heavy atom. The van der Waals surface area contributed by atoms with Gasteiger partial charge in [-0.2, -0.15) is 0 Å². The number of H-pyrrole nitrogens is 2. The van der Waals surface area contributed by atoms with Crippen LogP contribution < -0.4 is 10.1 Å². The average molecular weight is 531 g/mol. The molecule has 6 rings (SSSR count). The lowest BCUT2D eigenvalue weighted by atomic mass is 10.1. The molecule has 0 unspecified atom stereocenters. The second-order valence-corrected chi connectivity index (χ2v) is 9.43. The van der Waals surface area contributed by atoms with E-state index < -0.39 is 0 Å². The van der Waals surface area contributed by atoms with Gasteiger partial charge in [0.15, 0.2) is 0 Å². The second-order valence-electron chi connectivity index (χ2n) is 9.07. The maximum absolute atomic E-state index is 5.96. The molecule has 0 spiro atoms. The summed E-state index contributed by atoms with van der Waals surface area (Å²) in [7, 11) is 0. The van der Waals surface area contributed by atoms with Crippen LogP contribution in [0.1, 0.15) is 54.4 Å². The molecule has 196 valence electrons. The van der Waals surface area contributed by atoms with Gasteiger partial charge < -0.3 is 20.0 Å². The predicted molar refractivity (Wildman–Crippen MR) is 153 cm³/mol. The number of aromatic amines is 2. The Hall–Kier alpha value is -3.98. The van der Waals surface area contributed by atoms with E-state index in [4.69, 9.17) is 16.3 Å². The van der Waals surface area contributed by atoms with Crippen LogP contribution in [-0.4, -0.2) is 42.7 Å². The smallest absolute Gasteiger partial charge is 0.143 e. The highest BCUT2D eigenvalue weighted by Gasteiger charge is 2.17. The van der Waals surface area contributed by atoms with Crippen molar-refractivity contribution in [3.8, 4) is 5.75 Å². The lowest BCUT2D eigenvalue weighted by Gasteiger charge is -2.14.